The van der Waals surface area contributed by atoms with Crippen LogP contribution in [0.15, 0.2) is 30.3 Å². The molecule has 0 aliphatic heterocycles. The summed E-state index contributed by atoms with van der Waals surface area (Å²) in [5, 5.41) is 23.0. The number of aliphatic carboxylic acids is 1. The normalized spacial score (nSPS) is 10.5. The molecule has 7 nitrogen and oxygen atoms in total. The van der Waals surface area contributed by atoms with Crippen molar-refractivity contribution >= 4 is 5.97 Å². The molecule has 0 unspecified atom stereocenters. The highest BCUT2D eigenvalue weighted by Gasteiger charge is 2.06. The molecule has 2 N–H and O–H groups in total. The number of carboxylic acids is 1. The second kappa shape index (κ2) is 6.60. The van der Waals surface area contributed by atoms with Gasteiger partial charge in [-0.1, -0.05) is 30.3 Å². The lowest BCUT2D eigenvalue weighted by molar-refractivity contribution is -0.136. The van der Waals surface area contributed by atoms with E-state index in [4.69, 9.17) is 5.11 Å². The summed E-state index contributed by atoms with van der Waals surface area (Å²) in [5.41, 5.74) is 1.11. The van der Waals surface area contributed by atoms with Crippen LogP contribution in [0, 0.1) is 0 Å². The van der Waals surface area contributed by atoms with Crippen molar-refractivity contribution in [1.82, 2.24) is 25.5 Å². The first-order valence-corrected chi connectivity index (χ1v) is 5.97. The van der Waals surface area contributed by atoms with E-state index in [1.54, 1.807) is 4.68 Å². The maximum Gasteiger partial charge on any atom is 0.304 e. The van der Waals surface area contributed by atoms with E-state index in [1.807, 2.05) is 30.3 Å². The zero-order valence-corrected chi connectivity index (χ0v) is 10.4. The highest BCUT2D eigenvalue weighted by atomic mass is 16.4. The van der Waals surface area contributed by atoms with Crippen LogP contribution in [0.5, 0.6) is 0 Å². The predicted molar refractivity (Wildman–Crippen MR) is 67.3 cm³/mol. The van der Waals surface area contributed by atoms with E-state index in [1.165, 1.54) is 0 Å². The number of hydrogen-bond donors (Lipinski definition) is 2. The van der Waals surface area contributed by atoms with Gasteiger partial charge in [0, 0.05) is 6.54 Å². The van der Waals surface area contributed by atoms with E-state index in [0.29, 0.717) is 25.5 Å². The highest BCUT2D eigenvalue weighted by Crippen LogP contribution is 2.02. The minimum Gasteiger partial charge on any atom is -0.481 e. The number of carboxylic acid groups (broad SMARTS) is 1. The second-order valence-electron chi connectivity index (χ2n) is 4.06. The van der Waals surface area contributed by atoms with Crippen LogP contribution in [0.3, 0.4) is 0 Å². The molecule has 2 aromatic rings. The molecule has 0 radical (unpaired) electrons. The van der Waals surface area contributed by atoms with Gasteiger partial charge in [0.1, 0.15) is 0 Å². The van der Waals surface area contributed by atoms with Gasteiger partial charge in [0.2, 0.25) is 0 Å². The van der Waals surface area contributed by atoms with Crippen molar-refractivity contribution in [3.8, 4) is 0 Å². The number of nitrogens with one attached hydrogen (secondary N) is 1. The van der Waals surface area contributed by atoms with Gasteiger partial charge in [0.05, 0.1) is 19.5 Å². The molecule has 0 spiro atoms. The Kier molecular flexibility index (Phi) is 4.57. The third kappa shape index (κ3) is 4.14. The number of hydrogen-bond acceptors (Lipinski definition) is 5. The van der Waals surface area contributed by atoms with Crippen molar-refractivity contribution in [3.05, 3.63) is 41.7 Å². The predicted octanol–water partition coefficient (Wildman–Crippen LogP) is 0.286. The second-order valence-corrected chi connectivity index (χ2v) is 4.06. The van der Waals surface area contributed by atoms with Crippen molar-refractivity contribution in [2.75, 3.05) is 6.54 Å². The maximum absolute atomic E-state index is 10.4. The molecule has 0 fully saturated rings. The zero-order chi connectivity index (χ0) is 13.5. The first kappa shape index (κ1) is 13.2. The van der Waals surface area contributed by atoms with Crippen LogP contribution in [0.25, 0.3) is 0 Å². The van der Waals surface area contributed by atoms with E-state index in [2.05, 4.69) is 20.8 Å². The lowest BCUT2D eigenvalue weighted by Crippen LogP contribution is -2.20. The fraction of sp³-hybridized carbons (Fsp3) is 0.333. The summed E-state index contributed by atoms with van der Waals surface area (Å²) in [6, 6.07) is 9.89. The Labute approximate surface area is 110 Å². The number of nitrogens with zero attached hydrogens (tertiary/aromatic N) is 4. The molecule has 1 aromatic heterocycles. The van der Waals surface area contributed by atoms with Gasteiger partial charge in [-0.2, -0.15) is 0 Å². The van der Waals surface area contributed by atoms with Gasteiger partial charge in [-0.3, -0.25) is 4.79 Å². The summed E-state index contributed by atoms with van der Waals surface area (Å²) >= 11 is 0. The third-order valence-electron chi connectivity index (χ3n) is 2.58. The summed E-state index contributed by atoms with van der Waals surface area (Å²) in [5.74, 6) is -0.134. The van der Waals surface area contributed by atoms with Crippen LogP contribution >= 0.6 is 0 Å². The monoisotopic (exact) mass is 261 g/mol. The molecular formula is C12H15N5O2. The molecule has 19 heavy (non-hydrogen) atoms. The first-order valence-electron chi connectivity index (χ1n) is 5.97. The summed E-state index contributed by atoms with van der Waals surface area (Å²) in [6.45, 7) is 1.45. The Bertz CT molecular complexity index is 526. The van der Waals surface area contributed by atoms with Crippen LogP contribution in [-0.4, -0.2) is 37.8 Å². The molecule has 0 aliphatic rings. The topological polar surface area (TPSA) is 92.9 Å². The van der Waals surface area contributed by atoms with E-state index < -0.39 is 5.97 Å². The Hall–Kier alpha value is -2.28. The Balaban J connectivity index is 1.89. The summed E-state index contributed by atoms with van der Waals surface area (Å²) in [7, 11) is 0. The summed E-state index contributed by atoms with van der Waals surface area (Å²) < 4.78 is 1.70. The van der Waals surface area contributed by atoms with Crippen LogP contribution in [-0.2, 0) is 17.9 Å². The third-order valence-corrected chi connectivity index (χ3v) is 2.58. The van der Waals surface area contributed by atoms with E-state index in [0.717, 1.165) is 5.56 Å². The van der Waals surface area contributed by atoms with E-state index in [-0.39, 0.29) is 6.42 Å². The van der Waals surface area contributed by atoms with Gasteiger partial charge >= 0.3 is 5.97 Å². The number of rotatable bonds is 7. The van der Waals surface area contributed by atoms with Crippen molar-refractivity contribution in [3.63, 3.8) is 0 Å². The molecule has 0 bridgehead atoms. The molecule has 2 rings (SSSR count). The number of benzene rings is 1. The summed E-state index contributed by atoms with van der Waals surface area (Å²) in [6.07, 6.45) is 0.0836. The molecule has 0 amide bonds. The van der Waals surface area contributed by atoms with Crippen LogP contribution in [0.2, 0.25) is 0 Å². The quantitative estimate of drug-likeness (QED) is 0.696. The molecule has 1 aromatic carbocycles. The molecule has 7 heteroatoms. The highest BCUT2D eigenvalue weighted by molar-refractivity contribution is 5.66. The Morgan fingerprint density at radius 1 is 1.32 bits per heavy atom. The van der Waals surface area contributed by atoms with Gasteiger partial charge in [-0.25, -0.2) is 4.68 Å². The zero-order valence-electron chi connectivity index (χ0n) is 10.4. The molecule has 0 saturated heterocycles. The molecule has 0 saturated carbocycles. The first-order chi connectivity index (χ1) is 9.25. The molecule has 1 heterocycles. The van der Waals surface area contributed by atoms with Crippen LogP contribution in [0.1, 0.15) is 17.8 Å². The minimum atomic E-state index is -0.823. The van der Waals surface area contributed by atoms with Gasteiger partial charge < -0.3 is 10.4 Å². The lowest BCUT2D eigenvalue weighted by atomic mass is 10.2. The van der Waals surface area contributed by atoms with Gasteiger partial charge in [0.25, 0.3) is 0 Å². The Morgan fingerprint density at radius 3 is 2.84 bits per heavy atom. The SMILES string of the molecule is O=C(O)CCNCc1nnnn1Cc1ccccc1. The molecule has 100 valence electrons. The Morgan fingerprint density at radius 2 is 2.11 bits per heavy atom. The van der Waals surface area contributed by atoms with E-state index >= 15 is 0 Å². The van der Waals surface area contributed by atoms with E-state index in [9.17, 15) is 4.79 Å². The minimum absolute atomic E-state index is 0.0836. The van der Waals surface area contributed by atoms with Crippen LogP contribution < -0.4 is 5.32 Å². The maximum atomic E-state index is 10.4. The van der Waals surface area contributed by atoms with Gasteiger partial charge in [-0.05, 0) is 16.0 Å². The van der Waals surface area contributed by atoms with Crippen molar-refractivity contribution in [2.24, 2.45) is 0 Å². The lowest BCUT2D eigenvalue weighted by Gasteiger charge is -2.05. The van der Waals surface area contributed by atoms with Gasteiger partial charge in [0.15, 0.2) is 5.82 Å². The molecule has 0 aliphatic carbocycles. The van der Waals surface area contributed by atoms with Crippen molar-refractivity contribution in [2.45, 2.75) is 19.5 Å². The average Bonchev–Trinajstić information content (AvgIpc) is 2.83. The molecule has 0 atom stereocenters. The largest absolute Gasteiger partial charge is 0.481 e. The fourth-order valence-corrected chi connectivity index (χ4v) is 1.62. The smallest absolute Gasteiger partial charge is 0.304 e. The standard InChI is InChI=1S/C12H15N5O2/c18-12(19)6-7-13-8-11-14-15-16-17(11)9-10-4-2-1-3-5-10/h1-5,13H,6-9H2,(H,18,19). The number of aromatic nitrogens is 4. The summed E-state index contributed by atoms with van der Waals surface area (Å²) in [4.78, 5) is 10.4. The van der Waals surface area contributed by atoms with Crippen molar-refractivity contribution < 1.29 is 9.90 Å². The van der Waals surface area contributed by atoms with Crippen molar-refractivity contribution in [1.29, 1.82) is 0 Å². The fourth-order valence-electron chi connectivity index (χ4n) is 1.62. The number of carbonyl (C=O) groups is 1. The van der Waals surface area contributed by atoms with Gasteiger partial charge in [-0.15, -0.1) is 5.10 Å². The molecular weight excluding hydrogens is 246 g/mol. The average molecular weight is 261 g/mol. The van der Waals surface area contributed by atoms with Crippen LogP contribution in [0.4, 0.5) is 0 Å². The number of tetrazole rings is 1.